The van der Waals surface area contributed by atoms with Gasteiger partial charge in [0.2, 0.25) is 5.91 Å². The summed E-state index contributed by atoms with van der Waals surface area (Å²) in [5, 5.41) is 3.31. The van der Waals surface area contributed by atoms with Crippen molar-refractivity contribution in [1.82, 2.24) is 10.2 Å². The second kappa shape index (κ2) is 11.0. The summed E-state index contributed by atoms with van der Waals surface area (Å²) in [6.07, 6.45) is 2.42. The highest BCUT2D eigenvalue weighted by atomic mass is 16.5. The molecule has 4 rings (SSSR count). The van der Waals surface area contributed by atoms with E-state index >= 15 is 0 Å². The fourth-order valence-corrected chi connectivity index (χ4v) is 4.58. The molecule has 4 nitrogen and oxygen atoms in total. The fraction of sp³-hybridized carbons (Fsp3) is 0.321. The lowest BCUT2D eigenvalue weighted by Gasteiger charge is -2.33. The van der Waals surface area contributed by atoms with Gasteiger partial charge < -0.3 is 10.1 Å². The number of ether oxygens (including phenoxy) is 1. The van der Waals surface area contributed by atoms with Gasteiger partial charge in [-0.3, -0.25) is 9.69 Å². The lowest BCUT2D eigenvalue weighted by atomic mass is 9.88. The minimum atomic E-state index is 0.0723. The first-order valence-corrected chi connectivity index (χ1v) is 11.5. The van der Waals surface area contributed by atoms with Crippen LogP contribution in [0.2, 0.25) is 0 Å². The van der Waals surface area contributed by atoms with Gasteiger partial charge in [0.25, 0.3) is 0 Å². The van der Waals surface area contributed by atoms with Crippen LogP contribution in [0.1, 0.15) is 41.9 Å². The molecule has 1 N–H and O–H groups in total. The minimum absolute atomic E-state index is 0.0723. The van der Waals surface area contributed by atoms with Crippen molar-refractivity contribution in [3.05, 3.63) is 102 Å². The maximum absolute atomic E-state index is 13.0. The molecule has 1 saturated heterocycles. The molecule has 3 aromatic rings. The van der Waals surface area contributed by atoms with E-state index in [0.717, 1.165) is 38.2 Å². The molecular formula is C28H32N2O2. The molecule has 4 heteroatoms. The van der Waals surface area contributed by atoms with Crippen molar-refractivity contribution in [3.8, 4) is 5.75 Å². The number of likely N-dealkylation sites (tertiary alicyclic amines) is 1. The van der Waals surface area contributed by atoms with E-state index in [-0.39, 0.29) is 17.9 Å². The van der Waals surface area contributed by atoms with Gasteiger partial charge in [0, 0.05) is 43.6 Å². The average molecular weight is 429 g/mol. The summed E-state index contributed by atoms with van der Waals surface area (Å²) in [6, 6.07) is 29.1. The van der Waals surface area contributed by atoms with Gasteiger partial charge >= 0.3 is 0 Å². The largest absolute Gasteiger partial charge is 0.496 e. The number of methoxy groups -OCH3 is 1. The van der Waals surface area contributed by atoms with Crippen molar-refractivity contribution in [1.29, 1.82) is 0 Å². The highest BCUT2D eigenvalue weighted by Gasteiger charge is 2.24. The Balaban J connectivity index is 1.32. The summed E-state index contributed by atoms with van der Waals surface area (Å²) in [6.45, 7) is 2.84. The number of hydrogen-bond donors (Lipinski definition) is 1. The summed E-state index contributed by atoms with van der Waals surface area (Å²) in [5.74, 6) is 1.14. The van der Waals surface area contributed by atoms with Crippen molar-refractivity contribution < 1.29 is 9.53 Å². The molecule has 0 aliphatic carbocycles. The van der Waals surface area contributed by atoms with Crippen LogP contribution in [0.25, 0.3) is 0 Å². The Morgan fingerprint density at radius 1 is 0.906 bits per heavy atom. The molecule has 3 aromatic carbocycles. The molecule has 1 aliphatic rings. The Bertz CT molecular complexity index is 943. The van der Waals surface area contributed by atoms with E-state index in [2.05, 4.69) is 46.6 Å². The van der Waals surface area contributed by atoms with Crippen LogP contribution in [-0.4, -0.2) is 37.0 Å². The zero-order valence-corrected chi connectivity index (χ0v) is 18.7. The molecule has 0 atom stereocenters. The first kappa shape index (κ1) is 22.1. The summed E-state index contributed by atoms with van der Waals surface area (Å²) in [7, 11) is 1.72. The van der Waals surface area contributed by atoms with Crippen LogP contribution in [0.15, 0.2) is 84.9 Å². The van der Waals surface area contributed by atoms with Gasteiger partial charge in [0.05, 0.1) is 7.11 Å². The Morgan fingerprint density at radius 3 is 2.06 bits per heavy atom. The van der Waals surface area contributed by atoms with E-state index in [4.69, 9.17) is 4.74 Å². The molecule has 0 unspecified atom stereocenters. The SMILES string of the molecule is COc1ccccc1CN1CCC(NC(=O)CC(c2ccccc2)c2ccccc2)CC1. The maximum Gasteiger partial charge on any atom is 0.221 e. The number of benzene rings is 3. The topological polar surface area (TPSA) is 41.6 Å². The van der Waals surface area contributed by atoms with Crippen molar-refractivity contribution in [3.63, 3.8) is 0 Å². The number of nitrogens with zero attached hydrogens (tertiary/aromatic N) is 1. The van der Waals surface area contributed by atoms with Gasteiger partial charge in [-0.25, -0.2) is 0 Å². The van der Waals surface area contributed by atoms with E-state index in [0.29, 0.717) is 6.42 Å². The van der Waals surface area contributed by atoms with Gasteiger partial charge in [0.1, 0.15) is 5.75 Å². The highest BCUT2D eigenvalue weighted by Crippen LogP contribution is 2.28. The second-order valence-corrected chi connectivity index (χ2v) is 8.51. The normalized spacial score (nSPS) is 14.9. The molecule has 1 aliphatic heterocycles. The standard InChI is InChI=1S/C28H32N2O2/c1-32-27-15-9-8-14-24(27)21-30-18-16-25(17-19-30)29-28(31)20-26(22-10-4-2-5-11-22)23-12-6-3-7-13-23/h2-15,25-26H,16-21H2,1H3,(H,29,31). The quantitative estimate of drug-likeness (QED) is 0.549. The Hall–Kier alpha value is -3.11. The minimum Gasteiger partial charge on any atom is -0.496 e. The zero-order valence-electron chi connectivity index (χ0n) is 18.7. The number of amides is 1. The third-order valence-electron chi connectivity index (χ3n) is 6.33. The third kappa shape index (κ3) is 5.77. The highest BCUT2D eigenvalue weighted by molar-refractivity contribution is 5.78. The third-order valence-corrected chi connectivity index (χ3v) is 6.33. The van der Waals surface area contributed by atoms with E-state index in [1.807, 2.05) is 48.5 Å². The van der Waals surface area contributed by atoms with Crippen LogP contribution < -0.4 is 10.1 Å². The fourth-order valence-electron chi connectivity index (χ4n) is 4.58. The number of rotatable bonds is 8. The van der Waals surface area contributed by atoms with E-state index in [1.54, 1.807) is 7.11 Å². The van der Waals surface area contributed by atoms with Crippen molar-refractivity contribution in [2.45, 2.75) is 37.8 Å². The molecule has 32 heavy (non-hydrogen) atoms. The average Bonchev–Trinajstić information content (AvgIpc) is 2.85. The molecule has 0 saturated carbocycles. The Labute approximate surface area is 191 Å². The van der Waals surface area contributed by atoms with Gasteiger partial charge in [-0.05, 0) is 30.0 Å². The molecular weight excluding hydrogens is 396 g/mol. The number of carbonyl (C=O) groups is 1. The van der Waals surface area contributed by atoms with Crippen molar-refractivity contribution in [2.75, 3.05) is 20.2 Å². The van der Waals surface area contributed by atoms with Crippen LogP contribution in [-0.2, 0) is 11.3 Å². The molecule has 0 bridgehead atoms. The van der Waals surface area contributed by atoms with Crippen LogP contribution in [0, 0.1) is 0 Å². The van der Waals surface area contributed by atoms with Gasteiger partial charge in [-0.15, -0.1) is 0 Å². The summed E-state index contributed by atoms with van der Waals surface area (Å²) in [4.78, 5) is 15.4. The second-order valence-electron chi connectivity index (χ2n) is 8.51. The molecule has 0 radical (unpaired) electrons. The van der Waals surface area contributed by atoms with Crippen LogP contribution in [0.3, 0.4) is 0 Å². The van der Waals surface area contributed by atoms with Crippen LogP contribution in [0.4, 0.5) is 0 Å². The van der Waals surface area contributed by atoms with Crippen molar-refractivity contribution in [2.24, 2.45) is 0 Å². The van der Waals surface area contributed by atoms with E-state index < -0.39 is 0 Å². The lowest BCUT2D eigenvalue weighted by Crippen LogP contribution is -2.44. The van der Waals surface area contributed by atoms with Gasteiger partial charge in [-0.2, -0.15) is 0 Å². The Kier molecular flexibility index (Phi) is 7.57. The van der Waals surface area contributed by atoms with Crippen LogP contribution >= 0.6 is 0 Å². The number of nitrogens with one attached hydrogen (secondary N) is 1. The zero-order chi connectivity index (χ0) is 22.2. The molecule has 0 spiro atoms. The van der Waals surface area contributed by atoms with E-state index in [9.17, 15) is 4.79 Å². The number of carbonyl (C=O) groups excluding carboxylic acids is 1. The predicted molar refractivity (Wildman–Crippen MR) is 129 cm³/mol. The molecule has 0 aromatic heterocycles. The first-order valence-electron chi connectivity index (χ1n) is 11.5. The number of para-hydroxylation sites is 1. The molecule has 166 valence electrons. The molecule has 1 heterocycles. The number of piperidine rings is 1. The smallest absolute Gasteiger partial charge is 0.221 e. The summed E-state index contributed by atoms with van der Waals surface area (Å²) < 4.78 is 5.49. The first-order chi connectivity index (χ1) is 15.7. The Morgan fingerprint density at radius 2 is 1.47 bits per heavy atom. The molecule has 1 amide bonds. The van der Waals surface area contributed by atoms with Crippen LogP contribution in [0.5, 0.6) is 5.75 Å². The maximum atomic E-state index is 13.0. The molecule has 1 fully saturated rings. The van der Waals surface area contributed by atoms with Gasteiger partial charge in [0.15, 0.2) is 0 Å². The summed E-state index contributed by atoms with van der Waals surface area (Å²) >= 11 is 0. The monoisotopic (exact) mass is 428 g/mol. The van der Waals surface area contributed by atoms with Crippen molar-refractivity contribution >= 4 is 5.91 Å². The summed E-state index contributed by atoms with van der Waals surface area (Å²) in [5.41, 5.74) is 3.58. The number of hydrogen-bond acceptors (Lipinski definition) is 3. The lowest BCUT2D eigenvalue weighted by molar-refractivity contribution is -0.122. The predicted octanol–water partition coefficient (Wildman–Crippen LogP) is 5.00. The van der Waals surface area contributed by atoms with Gasteiger partial charge in [-0.1, -0.05) is 78.9 Å². The van der Waals surface area contributed by atoms with E-state index in [1.165, 1.54) is 16.7 Å².